The molecule has 1 radical (unpaired) electrons. The van der Waals surface area contributed by atoms with Gasteiger partial charge in [0, 0.05) is 0 Å². The molecule has 1 N–H and O–H groups in total. The largest absolute Gasteiger partial charge is 0.447 e. The second-order valence-corrected chi connectivity index (χ2v) is 1.82. The summed E-state index contributed by atoms with van der Waals surface area (Å²) in [4.78, 5) is 0. The highest BCUT2D eigenvalue weighted by molar-refractivity contribution is 4.79. The molecule has 0 heterocycles. The Labute approximate surface area is 54.1 Å². The minimum absolute atomic E-state index is 0.422. The molecule has 0 saturated heterocycles. The van der Waals surface area contributed by atoms with Gasteiger partial charge in [0.1, 0.15) is 6.10 Å². The van der Waals surface area contributed by atoms with Crippen LogP contribution >= 0.6 is 0 Å². The first-order chi connectivity index (χ1) is 4.19. The molecule has 2 nitrogen and oxygen atoms in total. The lowest BCUT2D eigenvalue weighted by atomic mass is 10.2. The molecule has 0 aromatic rings. The molecule has 0 spiro atoms. The lowest BCUT2D eigenvalue weighted by Crippen LogP contribution is -2.47. The van der Waals surface area contributed by atoms with Crippen LogP contribution in [0, 0.1) is 0 Å². The Morgan fingerprint density at radius 3 is 1.60 bits per heavy atom. The van der Waals surface area contributed by atoms with Crippen molar-refractivity contribution >= 4 is 0 Å². The van der Waals surface area contributed by atoms with Crippen LogP contribution in [0.25, 0.3) is 0 Å². The summed E-state index contributed by atoms with van der Waals surface area (Å²) in [5.74, 6) is -4.90. The molecule has 10 heavy (non-hydrogen) atoms. The average Bonchev–Trinajstić information content (AvgIpc) is 1.62. The summed E-state index contributed by atoms with van der Waals surface area (Å²) >= 11 is 0. The normalized spacial score (nSPS) is 17.1. The maximum absolute atomic E-state index is 11.7. The molecule has 0 aliphatic carbocycles. The number of alkyl halides is 4. The van der Waals surface area contributed by atoms with Gasteiger partial charge in [0.15, 0.2) is 0 Å². The van der Waals surface area contributed by atoms with Crippen LogP contribution in [-0.2, 0) is 5.11 Å². The van der Waals surface area contributed by atoms with Gasteiger partial charge in [-0.25, -0.2) is 0 Å². The lowest BCUT2D eigenvalue weighted by molar-refractivity contribution is -0.372. The average molecular weight is 161 g/mol. The van der Waals surface area contributed by atoms with Gasteiger partial charge in [-0.05, 0) is 6.92 Å². The third-order valence-corrected chi connectivity index (χ3v) is 0.913. The van der Waals surface area contributed by atoms with Crippen molar-refractivity contribution in [1.82, 2.24) is 0 Å². The first-order valence-corrected chi connectivity index (χ1v) is 2.33. The van der Waals surface area contributed by atoms with E-state index in [-0.39, 0.29) is 0 Å². The van der Waals surface area contributed by atoms with Gasteiger partial charge in [-0.2, -0.15) is 22.7 Å². The first-order valence-electron chi connectivity index (χ1n) is 2.33. The standard InChI is InChI=1S/C4H5F4O2/c1-2(9)3(5,6)4(7,8)10/h2,9H,1H3. The van der Waals surface area contributed by atoms with Gasteiger partial charge in [0.05, 0.1) is 0 Å². The highest BCUT2D eigenvalue weighted by atomic mass is 19.3. The minimum Gasteiger partial charge on any atom is -0.387 e. The van der Waals surface area contributed by atoms with E-state index in [1.807, 2.05) is 0 Å². The monoisotopic (exact) mass is 161 g/mol. The van der Waals surface area contributed by atoms with E-state index in [4.69, 9.17) is 5.11 Å². The van der Waals surface area contributed by atoms with E-state index in [9.17, 15) is 22.7 Å². The maximum Gasteiger partial charge on any atom is 0.447 e. The van der Waals surface area contributed by atoms with Crippen LogP contribution in [0.5, 0.6) is 0 Å². The number of hydrogen-bond acceptors (Lipinski definition) is 1. The van der Waals surface area contributed by atoms with Crippen molar-refractivity contribution in [1.29, 1.82) is 0 Å². The SMILES string of the molecule is CC(O)C(F)(F)C([O])(F)F. The third-order valence-electron chi connectivity index (χ3n) is 0.913. The van der Waals surface area contributed by atoms with Crippen molar-refractivity contribution in [3.63, 3.8) is 0 Å². The van der Waals surface area contributed by atoms with Crippen LogP contribution in [0.3, 0.4) is 0 Å². The van der Waals surface area contributed by atoms with Crippen molar-refractivity contribution < 1.29 is 27.8 Å². The Morgan fingerprint density at radius 1 is 1.30 bits per heavy atom. The summed E-state index contributed by atoms with van der Waals surface area (Å²) in [6.07, 6.45) is -8.05. The fraction of sp³-hybridized carbons (Fsp3) is 1.00. The third kappa shape index (κ3) is 1.57. The fourth-order valence-electron chi connectivity index (χ4n) is 0.243. The number of aliphatic hydroxyl groups excluding tert-OH is 1. The summed E-state index contributed by atoms with van der Waals surface area (Å²) in [5, 5.41) is 17.3. The van der Waals surface area contributed by atoms with Crippen LogP contribution in [-0.4, -0.2) is 23.2 Å². The zero-order chi connectivity index (χ0) is 8.58. The summed E-state index contributed by atoms with van der Waals surface area (Å²) in [5.41, 5.74) is 0. The Balaban J connectivity index is 4.40. The molecule has 0 saturated carbocycles. The van der Waals surface area contributed by atoms with Gasteiger partial charge < -0.3 is 5.11 Å². The highest BCUT2D eigenvalue weighted by Crippen LogP contribution is 2.34. The quantitative estimate of drug-likeness (QED) is 0.603. The number of hydrogen-bond donors (Lipinski definition) is 1. The van der Waals surface area contributed by atoms with Crippen LogP contribution in [0.4, 0.5) is 17.6 Å². The molecule has 0 bridgehead atoms. The summed E-state index contributed by atoms with van der Waals surface area (Å²) in [7, 11) is 0. The second kappa shape index (κ2) is 2.35. The van der Waals surface area contributed by atoms with E-state index in [0.717, 1.165) is 0 Å². The topological polar surface area (TPSA) is 40.1 Å². The van der Waals surface area contributed by atoms with Gasteiger partial charge in [0.25, 0.3) is 0 Å². The van der Waals surface area contributed by atoms with Gasteiger partial charge in [-0.1, -0.05) is 0 Å². The second-order valence-electron chi connectivity index (χ2n) is 1.82. The van der Waals surface area contributed by atoms with E-state index in [0.29, 0.717) is 6.92 Å². The van der Waals surface area contributed by atoms with Crippen LogP contribution in [0.15, 0.2) is 0 Å². The van der Waals surface area contributed by atoms with Crippen molar-refractivity contribution in [2.45, 2.75) is 25.1 Å². The zero-order valence-corrected chi connectivity index (χ0v) is 4.94. The predicted octanol–water partition coefficient (Wildman–Crippen LogP) is 1.03. The molecule has 61 valence electrons. The molecule has 6 heteroatoms. The molecular formula is C4H5F4O2. The number of halogens is 4. The van der Waals surface area contributed by atoms with E-state index < -0.39 is 18.1 Å². The van der Waals surface area contributed by atoms with E-state index in [1.54, 1.807) is 0 Å². The van der Waals surface area contributed by atoms with Crippen molar-refractivity contribution in [2.75, 3.05) is 0 Å². The van der Waals surface area contributed by atoms with E-state index in [1.165, 1.54) is 0 Å². The summed E-state index contributed by atoms with van der Waals surface area (Å²) in [6.45, 7) is 0.422. The Morgan fingerprint density at radius 2 is 1.60 bits per heavy atom. The maximum atomic E-state index is 11.7. The molecule has 1 unspecified atom stereocenters. The van der Waals surface area contributed by atoms with Crippen molar-refractivity contribution in [2.24, 2.45) is 0 Å². The highest BCUT2D eigenvalue weighted by Gasteiger charge is 2.60. The van der Waals surface area contributed by atoms with Gasteiger partial charge in [-0.3, -0.25) is 0 Å². The number of rotatable bonds is 2. The smallest absolute Gasteiger partial charge is 0.387 e. The van der Waals surface area contributed by atoms with Gasteiger partial charge >= 0.3 is 12.0 Å². The molecule has 0 rings (SSSR count). The molecule has 0 aliphatic rings. The first kappa shape index (κ1) is 9.64. The Bertz CT molecular complexity index is 117. The summed E-state index contributed by atoms with van der Waals surface area (Å²) < 4.78 is 46.1. The van der Waals surface area contributed by atoms with Crippen LogP contribution in [0.1, 0.15) is 6.92 Å². The zero-order valence-electron chi connectivity index (χ0n) is 4.94. The Hall–Kier alpha value is -0.360. The lowest BCUT2D eigenvalue weighted by Gasteiger charge is -2.21. The molecule has 0 fully saturated rings. The molecular weight excluding hydrogens is 156 g/mol. The Kier molecular flexibility index (Phi) is 2.27. The summed E-state index contributed by atoms with van der Waals surface area (Å²) in [6, 6.07) is 0. The van der Waals surface area contributed by atoms with Crippen LogP contribution < -0.4 is 0 Å². The fourth-order valence-corrected chi connectivity index (χ4v) is 0.243. The van der Waals surface area contributed by atoms with Gasteiger partial charge in [0.2, 0.25) is 0 Å². The number of aliphatic hydroxyl groups is 1. The molecule has 0 aliphatic heterocycles. The van der Waals surface area contributed by atoms with Gasteiger partial charge in [-0.15, -0.1) is 0 Å². The van der Waals surface area contributed by atoms with Crippen molar-refractivity contribution in [3.8, 4) is 0 Å². The van der Waals surface area contributed by atoms with Crippen LogP contribution in [0.2, 0.25) is 0 Å². The van der Waals surface area contributed by atoms with Crippen molar-refractivity contribution in [3.05, 3.63) is 0 Å². The minimum atomic E-state index is -5.42. The molecule has 0 amide bonds. The molecule has 0 aromatic carbocycles. The molecule has 0 aromatic heterocycles. The molecule has 1 atom stereocenters. The van der Waals surface area contributed by atoms with E-state index in [2.05, 4.69) is 0 Å². The predicted molar refractivity (Wildman–Crippen MR) is 22.3 cm³/mol. The van der Waals surface area contributed by atoms with E-state index >= 15 is 0 Å².